The van der Waals surface area contributed by atoms with Crippen LogP contribution in [-0.4, -0.2) is 65.5 Å². The monoisotopic (exact) mass is 564 g/mol. The first kappa shape index (κ1) is 27.9. The molecule has 2 saturated heterocycles. The summed E-state index contributed by atoms with van der Waals surface area (Å²) in [5.41, 5.74) is 1.36. The predicted octanol–water partition coefficient (Wildman–Crippen LogP) is 5.91. The van der Waals surface area contributed by atoms with E-state index in [0.29, 0.717) is 18.1 Å². The minimum atomic E-state index is -0.743. The van der Waals surface area contributed by atoms with Gasteiger partial charge in [0, 0.05) is 56.3 Å². The summed E-state index contributed by atoms with van der Waals surface area (Å²) in [6.07, 6.45) is 2.79. The van der Waals surface area contributed by atoms with Crippen LogP contribution in [0.15, 0.2) is 66.9 Å². The van der Waals surface area contributed by atoms with Crippen molar-refractivity contribution < 1.29 is 18.7 Å². The summed E-state index contributed by atoms with van der Waals surface area (Å²) < 4.78 is 18.9. The molecule has 3 heterocycles. The molecule has 0 spiro atoms. The van der Waals surface area contributed by atoms with Crippen LogP contribution in [0.25, 0.3) is 0 Å². The highest BCUT2D eigenvalue weighted by Gasteiger charge is 2.51. The number of halogens is 2. The summed E-state index contributed by atoms with van der Waals surface area (Å²) >= 11 is 6.16. The average molecular weight is 565 g/mol. The van der Waals surface area contributed by atoms with Crippen LogP contribution in [0.2, 0.25) is 5.02 Å². The quantitative estimate of drug-likeness (QED) is 0.385. The molecule has 5 rings (SSSR count). The third-order valence-corrected chi connectivity index (χ3v) is 8.62. The maximum Gasteiger partial charge on any atom is 0.415 e. The average Bonchev–Trinajstić information content (AvgIpc) is 3.32. The van der Waals surface area contributed by atoms with E-state index in [9.17, 15) is 14.0 Å². The number of amides is 2. The van der Waals surface area contributed by atoms with Gasteiger partial charge in [-0.2, -0.15) is 0 Å². The maximum absolute atomic E-state index is 13.8. The highest BCUT2D eigenvalue weighted by molar-refractivity contribution is 6.30. The molecule has 0 bridgehead atoms. The lowest BCUT2D eigenvalue weighted by Gasteiger charge is -2.39. The lowest BCUT2D eigenvalue weighted by atomic mass is 9.82. The molecule has 0 N–H and O–H groups in total. The summed E-state index contributed by atoms with van der Waals surface area (Å²) in [5.74, 6) is 0.649. The molecule has 2 fully saturated rings. The van der Waals surface area contributed by atoms with Gasteiger partial charge in [0.2, 0.25) is 5.91 Å². The van der Waals surface area contributed by atoms with Crippen LogP contribution in [0.3, 0.4) is 0 Å². The molecule has 2 aliphatic rings. The van der Waals surface area contributed by atoms with E-state index in [1.807, 2.05) is 55.3 Å². The molecule has 3 aromatic rings. The van der Waals surface area contributed by atoms with Crippen LogP contribution in [0, 0.1) is 18.7 Å². The van der Waals surface area contributed by atoms with Gasteiger partial charge >= 0.3 is 6.09 Å². The molecule has 0 saturated carbocycles. The van der Waals surface area contributed by atoms with Gasteiger partial charge in [-0.05, 0) is 80.3 Å². The Kier molecular flexibility index (Phi) is 7.99. The number of likely N-dealkylation sites (N-methyl/N-ethyl adjacent to an activating group) is 1. The van der Waals surface area contributed by atoms with Gasteiger partial charge in [0.05, 0.1) is 5.54 Å². The number of piperidine rings is 1. The Morgan fingerprint density at radius 3 is 2.35 bits per heavy atom. The second-order valence-corrected chi connectivity index (χ2v) is 11.5. The number of ether oxygens (including phenoxy) is 1. The van der Waals surface area contributed by atoms with Gasteiger partial charge in [-0.15, -0.1) is 0 Å². The van der Waals surface area contributed by atoms with E-state index in [2.05, 4.69) is 16.0 Å². The lowest BCUT2D eigenvalue weighted by Crippen LogP contribution is -2.53. The van der Waals surface area contributed by atoms with E-state index in [1.54, 1.807) is 11.9 Å². The number of anilines is 1. The first-order valence-electron chi connectivity index (χ1n) is 13.6. The van der Waals surface area contributed by atoms with Gasteiger partial charge in [-0.3, -0.25) is 4.79 Å². The number of hydrogen-bond acceptors (Lipinski definition) is 5. The molecule has 2 atom stereocenters. The second kappa shape index (κ2) is 11.5. The number of benzene rings is 2. The number of carbonyl (C=O) groups is 2. The van der Waals surface area contributed by atoms with Crippen LogP contribution >= 0.6 is 11.6 Å². The zero-order valence-corrected chi connectivity index (χ0v) is 23.8. The minimum Gasteiger partial charge on any atom is -0.410 e. The molecule has 0 radical (unpaired) electrons. The predicted molar refractivity (Wildman–Crippen MR) is 153 cm³/mol. The smallest absolute Gasteiger partial charge is 0.410 e. The Morgan fingerprint density at radius 2 is 1.73 bits per heavy atom. The Hall–Kier alpha value is -3.65. The Morgan fingerprint density at radius 1 is 1.05 bits per heavy atom. The minimum absolute atomic E-state index is 0.0913. The third kappa shape index (κ3) is 5.77. The number of aryl methyl sites for hydroxylation is 1. The molecule has 210 valence electrons. The fraction of sp³-hybridized carbons (Fsp3) is 0.387. The molecule has 0 unspecified atom stereocenters. The Balaban J connectivity index is 1.32. The highest BCUT2D eigenvalue weighted by atomic mass is 35.5. The second-order valence-electron chi connectivity index (χ2n) is 11.0. The molecule has 0 aliphatic carbocycles. The summed E-state index contributed by atoms with van der Waals surface area (Å²) in [5, 5.41) is 0.621. The number of hydrogen-bond donors (Lipinski definition) is 0. The maximum atomic E-state index is 13.8. The molecular formula is C31H34ClFN4O3. The molecule has 1 aromatic heterocycles. The fourth-order valence-electron chi connectivity index (χ4n) is 5.79. The van der Waals surface area contributed by atoms with E-state index in [4.69, 9.17) is 16.3 Å². The molecule has 2 aromatic carbocycles. The van der Waals surface area contributed by atoms with Crippen LogP contribution in [0.5, 0.6) is 5.75 Å². The first-order chi connectivity index (χ1) is 19.1. The van der Waals surface area contributed by atoms with E-state index in [1.165, 1.54) is 24.3 Å². The van der Waals surface area contributed by atoms with Gasteiger partial charge in [-0.25, -0.2) is 14.2 Å². The van der Waals surface area contributed by atoms with Crippen molar-refractivity contribution in [2.24, 2.45) is 5.92 Å². The van der Waals surface area contributed by atoms with Crippen molar-refractivity contribution >= 4 is 29.4 Å². The summed E-state index contributed by atoms with van der Waals surface area (Å²) in [6.45, 7) is 6.38. The van der Waals surface area contributed by atoms with Gasteiger partial charge in [0.1, 0.15) is 17.4 Å². The third-order valence-electron chi connectivity index (χ3n) is 8.37. The fourth-order valence-corrected chi connectivity index (χ4v) is 5.91. The van der Waals surface area contributed by atoms with E-state index in [0.717, 1.165) is 42.9 Å². The number of aromatic nitrogens is 1. The van der Waals surface area contributed by atoms with Crippen LogP contribution in [-0.2, 0) is 4.79 Å². The lowest BCUT2D eigenvalue weighted by molar-refractivity contribution is -0.135. The van der Waals surface area contributed by atoms with Gasteiger partial charge in [0.15, 0.2) is 0 Å². The van der Waals surface area contributed by atoms with E-state index < -0.39 is 17.4 Å². The van der Waals surface area contributed by atoms with Crippen molar-refractivity contribution in [3.8, 4) is 5.75 Å². The summed E-state index contributed by atoms with van der Waals surface area (Å²) in [4.78, 5) is 37.3. The summed E-state index contributed by atoms with van der Waals surface area (Å²) in [7, 11) is 1.69. The van der Waals surface area contributed by atoms with Crippen molar-refractivity contribution in [3.05, 3.63) is 88.8 Å². The van der Waals surface area contributed by atoms with E-state index in [-0.39, 0.29) is 23.5 Å². The Bertz CT molecular complexity index is 1340. The number of rotatable bonds is 5. The SMILES string of the molecule is Cc1ccc(N2CCC(C(=O)N3C[C@H](c4ccc(Cl)cc4)[C@@](C)(N(C)C(=O)Oc4ccc(F)cc4)C3)CC2)nc1. The normalized spacial score (nSPS) is 21.4. The number of nitrogens with zero attached hydrogens (tertiary/aromatic N) is 4. The van der Waals surface area contributed by atoms with Crippen molar-refractivity contribution in [1.29, 1.82) is 0 Å². The van der Waals surface area contributed by atoms with Crippen molar-refractivity contribution in [2.45, 2.75) is 38.1 Å². The molecule has 7 nitrogen and oxygen atoms in total. The van der Waals surface area contributed by atoms with Gasteiger partial charge in [-0.1, -0.05) is 29.8 Å². The zero-order valence-electron chi connectivity index (χ0n) is 23.0. The molecule has 9 heteroatoms. The Labute approximate surface area is 239 Å². The molecule has 40 heavy (non-hydrogen) atoms. The topological polar surface area (TPSA) is 66.0 Å². The molecule has 2 amide bonds. The first-order valence-corrected chi connectivity index (χ1v) is 13.9. The van der Waals surface area contributed by atoms with Crippen LogP contribution < -0.4 is 9.64 Å². The largest absolute Gasteiger partial charge is 0.415 e. The number of likely N-dealkylation sites (tertiary alicyclic amines) is 1. The van der Waals surface area contributed by atoms with Gasteiger partial charge < -0.3 is 19.4 Å². The van der Waals surface area contributed by atoms with Crippen molar-refractivity contribution in [2.75, 3.05) is 38.1 Å². The van der Waals surface area contributed by atoms with Crippen LogP contribution in [0.4, 0.5) is 15.0 Å². The van der Waals surface area contributed by atoms with Crippen LogP contribution in [0.1, 0.15) is 36.8 Å². The number of pyridine rings is 1. The zero-order chi connectivity index (χ0) is 28.4. The number of carbonyl (C=O) groups excluding carboxylic acids is 2. The van der Waals surface area contributed by atoms with Crippen molar-refractivity contribution in [1.82, 2.24) is 14.8 Å². The molecule has 2 aliphatic heterocycles. The standard InChI is InChI=1S/C31H34ClFN4O3/c1-21-4-13-28(34-18-21)36-16-14-23(15-17-36)29(38)37-19-27(22-5-7-24(32)8-6-22)31(2,20-37)35(3)30(39)40-26-11-9-25(33)10-12-26/h4-13,18,23,27H,14-17,19-20H2,1-3H3/t27-,31+/m1/s1. The highest BCUT2D eigenvalue weighted by Crippen LogP contribution is 2.41. The van der Waals surface area contributed by atoms with Crippen molar-refractivity contribution in [3.63, 3.8) is 0 Å². The van der Waals surface area contributed by atoms with Gasteiger partial charge in [0.25, 0.3) is 0 Å². The molecular weight excluding hydrogens is 531 g/mol. The summed E-state index contributed by atoms with van der Waals surface area (Å²) in [6, 6.07) is 17.0. The van der Waals surface area contributed by atoms with E-state index >= 15 is 0 Å².